The van der Waals surface area contributed by atoms with E-state index in [1.165, 1.54) is 6.20 Å². The summed E-state index contributed by atoms with van der Waals surface area (Å²) in [4.78, 5) is 20.3. The van der Waals surface area contributed by atoms with E-state index in [4.69, 9.17) is 0 Å². The fourth-order valence-corrected chi connectivity index (χ4v) is 3.98. The predicted molar refractivity (Wildman–Crippen MR) is 112 cm³/mol. The molecule has 0 radical (unpaired) electrons. The minimum absolute atomic E-state index is 0.0505. The first kappa shape index (κ1) is 20.1. The highest BCUT2D eigenvalue weighted by atomic mass is 19.4. The number of amides is 1. The van der Waals surface area contributed by atoms with Crippen molar-refractivity contribution >= 4 is 22.8 Å². The third kappa shape index (κ3) is 3.68. The van der Waals surface area contributed by atoms with Crippen LogP contribution in [0.2, 0.25) is 0 Å². The van der Waals surface area contributed by atoms with Crippen molar-refractivity contribution in [3.8, 4) is 0 Å². The molecule has 1 amide bonds. The number of carbonyl (C=O) groups excluding carboxylic acids is 1. The second kappa shape index (κ2) is 7.70. The van der Waals surface area contributed by atoms with Gasteiger partial charge in [-0.1, -0.05) is 42.5 Å². The number of anilines is 1. The molecule has 164 valence electrons. The number of hydrogen-bond acceptors (Lipinski definition) is 4. The molecule has 0 unspecified atom stereocenters. The Morgan fingerprint density at radius 3 is 2.62 bits per heavy atom. The SMILES string of the molecule is O=C(NCc1nc2ccccc2[nH]1)c1cnn2c1N[C@@H](c1ccccc1)C[C@H]2C(F)(F)F. The lowest BCUT2D eigenvalue weighted by Crippen LogP contribution is -2.36. The molecule has 4 aromatic rings. The average molecular weight is 440 g/mol. The number of nitrogens with zero attached hydrogens (tertiary/aromatic N) is 3. The molecule has 3 heterocycles. The molecule has 0 spiro atoms. The number of hydrogen-bond donors (Lipinski definition) is 3. The largest absolute Gasteiger partial charge is 0.410 e. The van der Waals surface area contributed by atoms with Crippen LogP contribution >= 0.6 is 0 Å². The van der Waals surface area contributed by atoms with Crippen molar-refractivity contribution < 1.29 is 18.0 Å². The zero-order valence-electron chi connectivity index (χ0n) is 16.7. The number of aromatic nitrogens is 4. The normalized spacial score (nSPS) is 18.2. The van der Waals surface area contributed by atoms with Gasteiger partial charge in [0.15, 0.2) is 6.04 Å². The number of imidazole rings is 1. The molecule has 2 atom stereocenters. The van der Waals surface area contributed by atoms with E-state index in [9.17, 15) is 18.0 Å². The molecule has 5 rings (SSSR count). The summed E-state index contributed by atoms with van der Waals surface area (Å²) in [7, 11) is 0. The summed E-state index contributed by atoms with van der Waals surface area (Å²) in [5.74, 6) is 0.0623. The Morgan fingerprint density at radius 1 is 1.12 bits per heavy atom. The van der Waals surface area contributed by atoms with Gasteiger partial charge in [0, 0.05) is 6.42 Å². The van der Waals surface area contributed by atoms with Gasteiger partial charge in [-0.05, 0) is 17.7 Å². The molecule has 2 aromatic carbocycles. The Balaban J connectivity index is 1.41. The molecular weight excluding hydrogens is 421 g/mol. The highest BCUT2D eigenvalue weighted by Gasteiger charge is 2.47. The van der Waals surface area contributed by atoms with Gasteiger partial charge >= 0.3 is 6.18 Å². The number of H-pyrrole nitrogens is 1. The fraction of sp³-hybridized carbons (Fsp3) is 0.227. The zero-order chi connectivity index (χ0) is 22.3. The van der Waals surface area contributed by atoms with Gasteiger partial charge in [0.25, 0.3) is 5.91 Å². The van der Waals surface area contributed by atoms with Gasteiger partial charge in [-0.25, -0.2) is 9.67 Å². The van der Waals surface area contributed by atoms with Crippen LogP contribution in [0.25, 0.3) is 11.0 Å². The Morgan fingerprint density at radius 2 is 1.88 bits per heavy atom. The van der Waals surface area contributed by atoms with Gasteiger partial charge in [0.2, 0.25) is 0 Å². The molecule has 0 aliphatic carbocycles. The lowest BCUT2D eigenvalue weighted by atomic mass is 9.96. The van der Waals surface area contributed by atoms with Crippen molar-refractivity contribution in [2.75, 3.05) is 5.32 Å². The van der Waals surface area contributed by atoms with Crippen LogP contribution in [0.4, 0.5) is 19.0 Å². The fourth-order valence-electron chi connectivity index (χ4n) is 3.98. The van der Waals surface area contributed by atoms with Crippen LogP contribution in [-0.2, 0) is 6.54 Å². The first-order valence-electron chi connectivity index (χ1n) is 10.1. The first-order valence-corrected chi connectivity index (χ1v) is 10.1. The molecule has 2 aromatic heterocycles. The number of fused-ring (bicyclic) bond motifs is 2. The lowest BCUT2D eigenvalue weighted by Gasteiger charge is -2.34. The van der Waals surface area contributed by atoms with Gasteiger partial charge in [-0.15, -0.1) is 0 Å². The first-order chi connectivity index (χ1) is 15.4. The number of alkyl halides is 3. The highest BCUT2D eigenvalue weighted by molar-refractivity contribution is 5.98. The average Bonchev–Trinajstić information content (AvgIpc) is 3.40. The second-order valence-electron chi connectivity index (χ2n) is 7.64. The zero-order valence-corrected chi connectivity index (χ0v) is 16.7. The monoisotopic (exact) mass is 440 g/mol. The van der Waals surface area contributed by atoms with Crippen LogP contribution in [-0.4, -0.2) is 31.8 Å². The molecule has 0 saturated heterocycles. The smallest absolute Gasteiger partial charge is 0.363 e. The van der Waals surface area contributed by atoms with Crippen LogP contribution in [0.5, 0.6) is 0 Å². The molecule has 1 aliphatic heterocycles. The molecule has 32 heavy (non-hydrogen) atoms. The van der Waals surface area contributed by atoms with Crippen molar-refractivity contribution in [1.29, 1.82) is 0 Å². The van der Waals surface area contributed by atoms with Crippen LogP contribution in [0.3, 0.4) is 0 Å². The standard InChI is InChI=1S/C22H19F3N6O/c23-22(24,25)18-10-17(13-6-2-1-3-7-13)30-20-14(11-27-31(18)20)21(32)26-12-19-28-15-8-4-5-9-16(15)29-19/h1-9,11,17-18,30H,10,12H2,(H,26,32)(H,28,29)/t17-,18+/m1/s1. The second-order valence-corrected chi connectivity index (χ2v) is 7.64. The van der Waals surface area contributed by atoms with Gasteiger partial charge in [0.1, 0.15) is 17.2 Å². The molecular formula is C22H19F3N6O. The molecule has 0 saturated carbocycles. The summed E-state index contributed by atoms with van der Waals surface area (Å²) < 4.78 is 42.2. The van der Waals surface area contributed by atoms with E-state index >= 15 is 0 Å². The minimum Gasteiger partial charge on any atom is -0.363 e. The van der Waals surface area contributed by atoms with Gasteiger partial charge in [-0.3, -0.25) is 4.79 Å². The summed E-state index contributed by atoms with van der Waals surface area (Å²) in [6, 6.07) is 13.9. The third-order valence-corrected chi connectivity index (χ3v) is 5.54. The summed E-state index contributed by atoms with van der Waals surface area (Å²) in [5.41, 5.74) is 2.36. The number of carbonyl (C=O) groups is 1. The van der Waals surface area contributed by atoms with Crippen molar-refractivity contribution in [2.24, 2.45) is 0 Å². The number of halogens is 3. The quantitative estimate of drug-likeness (QED) is 0.440. The molecule has 1 aliphatic rings. The molecule has 7 nitrogen and oxygen atoms in total. The third-order valence-electron chi connectivity index (χ3n) is 5.54. The molecule has 3 N–H and O–H groups in total. The van der Waals surface area contributed by atoms with E-state index in [0.29, 0.717) is 11.4 Å². The number of para-hydroxylation sites is 2. The summed E-state index contributed by atoms with van der Waals surface area (Å²) >= 11 is 0. The topological polar surface area (TPSA) is 87.6 Å². The van der Waals surface area contributed by atoms with Crippen molar-refractivity contribution in [3.63, 3.8) is 0 Å². The Labute approximate surface area is 180 Å². The lowest BCUT2D eigenvalue weighted by molar-refractivity contribution is -0.173. The van der Waals surface area contributed by atoms with E-state index in [1.54, 1.807) is 30.3 Å². The van der Waals surface area contributed by atoms with E-state index in [2.05, 4.69) is 25.7 Å². The minimum atomic E-state index is -4.50. The Bertz CT molecular complexity index is 1230. The van der Waals surface area contributed by atoms with E-state index in [-0.39, 0.29) is 24.3 Å². The van der Waals surface area contributed by atoms with Crippen molar-refractivity contribution in [1.82, 2.24) is 25.1 Å². The number of aromatic amines is 1. The highest BCUT2D eigenvalue weighted by Crippen LogP contribution is 2.44. The summed E-state index contributed by atoms with van der Waals surface area (Å²) in [6.45, 7) is 0.100. The van der Waals surface area contributed by atoms with E-state index in [1.807, 2.05) is 24.3 Å². The molecule has 10 heteroatoms. The predicted octanol–water partition coefficient (Wildman–Crippen LogP) is 4.35. The van der Waals surface area contributed by atoms with Crippen molar-refractivity contribution in [3.05, 3.63) is 77.7 Å². The maximum atomic E-state index is 13.8. The summed E-state index contributed by atoms with van der Waals surface area (Å²) in [5, 5.41) is 9.69. The van der Waals surface area contributed by atoms with Crippen LogP contribution in [0.1, 0.15) is 40.3 Å². The van der Waals surface area contributed by atoms with Crippen molar-refractivity contribution in [2.45, 2.75) is 31.2 Å². The summed E-state index contributed by atoms with van der Waals surface area (Å²) in [6.07, 6.45) is -3.55. The van der Waals surface area contributed by atoms with Gasteiger partial charge in [0.05, 0.1) is 29.8 Å². The Kier molecular flexibility index (Phi) is 4.84. The Hall–Kier alpha value is -3.82. The maximum Gasteiger partial charge on any atom is 0.410 e. The molecule has 0 bridgehead atoms. The van der Waals surface area contributed by atoms with Crippen LogP contribution in [0, 0.1) is 0 Å². The van der Waals surface area contributed by atoms with Gasteiger partial charge < -0.3 is 15.6 Å². The van der Waals surface area contributed by atoms with Crippen LogP contribution in [0.15, 0.2) is 60.8 Å². The van der Waals surface area contributed by atoms with Crippen LogP contribution < -0.4 is 10.6 Å². The molecule has 0 fully saturated rings. The van der Waals surface area contributed by atoms with Gasteiger partial charge in [-0.2, -0.15) is 18.3 Å². The number of benzene rings is 2. The number of nitrogens with one attached hydrogen (secondary N) is 3. The maximum absolute atomic E-state index is 13.8. The van der Waals surface area contributed by atoms with E-state index in [0.717, 1.165) is 15.7 Å². The van der Waals surface area contributed by atoms with E-state index < -0.39 is 24.2 Å². The number of rotatable bonds is 4.